The van der Waals surface area contributed by atoms with Crippen LogP contribution in [0.3, 0.4) is 0 Å². The van der Waals surface area contributed by atoms with Gasteiger partial charge in [-0.1, -0.05) is 37.3 Å². The monoisotopic (exact) mass is 187 g/mol. The van der Waals surface area contributed by atoms with Crippen molar-refractivity contribution in [2.45, 2.75) is 13.3 Å². The molecular weight excluding hydrogens is 170 g/mol. The number of likely N-dealkylation sites (N-methyl/N-ethyl adjacent to an activating group) is 1. The number of fused-ring (bicyclic) bond motifs is 1. The maximum absolute atomic E-state index is 4.15. The Hall–Kier alpha value is -1.24. The Kier molecular flexibility index (Phi) is 2.32. The molecule has 0 bridgehead atoms. The maximum Gasteiger partial charge on any atom is 0.0399 e. The van der Waals surface area contributed by atoms with Crippen molar-refractivity contribution in [1.29, 1.82) is 0 Å². The first-order valence-electron chi connectivity index (χ1n) is 5.15. The summed E-state index contributed by atoms with van der Waals surface area (Å²) in [5.74, 6) is 0.598. The molecule has 0 aliphatic carbocycles. The first-order chi connectivity index (χ1) is 6.68. The third-order valence-electron chi connectivity index (χ3n) is 3.07. The van der Waals surface area contributed by atoms with E-state index in [0.29, 0.717) is 5.92 Å². The average molecular weight is 187 g/mol. The van der Waals surface area contributed by atoms with Gasteiger partial charge in [-0.15, -0.1) is 0 Å². The minimum absolute atomic E-state index is 0.598. The number of para-hydroxylation sites is 1. The normalized spacial score (nSPS) is 21.7. The highest BCUT2D eigenvalue weighted by Gasteiger charge is 2.18. The van der Waals surface area contributed by atoms with E-state index in [1.54, 1.807) is 0 Å². The Bertz CT molecular complexity index is 354. The van der Waals surface area contributed by atoms with E-state index in [0.717, 1.165) is 13.0 Å². The van der Waals surface area contributed by atoms with E-state index >= 15 is 0 Å². The van der Waals surface area contributed by atoms with Crippen molar-refractivity contribution in [2.75, 3.05) is 18.5 Å². The highest BCUT2D eigenvalue weighted by molar-refractivity contribution is 5.55. The van der Waals surface area contributed by atoms with E-state index in [-0.39, 0.29) is 0 Å². The van der Waals surface area contributed by atoms with Crippen LogP contribution in [0.1, 0.15) is 12.5 Å². The van der Waals surface area contributed by atoms with Crippen LogP contribution in [-0.4, -0.2) is 13.6 Å². The molecule has 1 heteroatoms. The number of rotatable bonds is 0. The van der Waals surface area contributed by atoms with Crippen molar-refractivity contribution in [1.82, 2.24) is 0 Å². The molecule has 1 aromatic carbocycles. The molecule has 1 heterocycles. The zero-order valence-electron chi connectivity index (χ0n) is 8.96. The number of anilines is 1. The van der Waals surface area contributed by atoms with Crippen LogP contribution in [-0.2, 0) is 6.42 Å². The summed E-state index contributed by atoms with van der Waals surface area (Å²) in [6, 6.07) is 8.64. The molecule has 0 saturated carbocycles. The summed E-state index contributed by atoms with van der Waals surface area (Å²) in [5, 5.41) is 0. The van der Waals surface area contributed by atoms with Crippen LogP contribution in [0.15, 0.2) is 36.4 Å². The quantitative estimate of drug-likeness (QED) is 0.564. The van der Waals surface area contributed by atoms with Crippen LogP contribution < -0.4 is 4.90 Å². The summed E-state index contributed by atoms with van der Waals surface area (Å²) in [6.07, 6.45) is 1.12. The predicted octanol–water partition coefficient (Wildman–Crippen LogP) is 2.87. The van der Waals surface area contributed by atoms with Crippen LogP contribution >= 0.6 is 0 Å². The second-order valence-corrected chi connectivity index (χ2v) is 4.25. The summed E-state index contributed by atoms with van der Waals surface area (Å²) >= 11 is 0. The summed E-state index contributed by atoms with van der Waals surface area (Å²) in [4.78, 5) is 2.29. The zero-order chi connectivity index (χ0) is 10.1. The Morgan fingerprint density at radius 3 is 2.86 bits per heavy atom. The molecule has 14 heavy (non-hydrogen) atoms. The smallest absolute Gasteiger partial charge is 0.0399 e. The molecule has 1 atom stereocenters. The van der Waals surface area contributed by atoms with E-state index in [1.807, 2.05) is 0 Å². The van der Waals surface area contributed by atoms with Crippen molar-refractivity contribution in [3.63, 3.8) is 0 Å². The largest absolute Gasteiger partial charge is 0.370 e. The van der Waals surface area contributed by atoms with Gasteiger partial charge in [0.1, 0.15) is 0 Å². The fourth-order valence-corrected chi connectivity index (χ4v) is 2.08. The molecule has 0 radical (unpaired) electrons. The number of hydrogen-bond acceptors (Lipinski definition) is 1. The number of hydrogen-bond donors (Lipinski definition) is 0. The fourth-order valence-electron chi connectivity index (χ4n) is 2.08. The van der Waals surface area contributed by atoms with Gasteiger partial charge in [-0.25, -0.2) is 0 Å². The van der Waals surface area contributed by atoms with Crippen LogP contribution in [0, 0.1) is 5.92 Å². The van der Waals surface area contributed by atoms with Gasteiger partial charge < -0.3 is 4.90 Å². The molecule has 0 saturated heterocycles. The first kappa shape index (κ1) is 9.32. The lowest BCUT2D eigenvalue weighted by molar-refractivity contribution is 0.677. The second kappa shape index (κ2) is 3.49. The number of benzene rings is 1. The summed E-state index contributed by atoms with van der Waals surface area (Å²) < 4.78 is 0. The SMILES string of the molecule is C=C1CN(C)c2ccccc2CC1C. The Morgan fingerprint density at radius 1 is 1.36 bits per heavy atom. The van der Waals surface area contributed by atoms with Crippen LogP contribution in [0.25, 0.3) is 0 Å². The lowest BCUT2D eigenvalue weighted by Gasteiger charge is -2.19. The molecule has 1 aliphatic rings. The molecule has 1 aliphatic heterocycles. The maximum atomic E-state index is 4.15. The standard InChI is InChI=1S/C13H17N/c1-10-8-12-6-4-5-7-13(12)14(3)9-11(10)2/h4-7,10H,2,8-9H2,1,3H3. The van der Waals surface area contributed by atoms with E-state index in [9.17, 15) is 0 Å². The molecule has 2 rings (SSSR count). The van der Waals surface area contributed by atoms with E-state index < -0.39 is 0 Å². The molecular formula is C13H17N. The Balaban J connectivity index is 2.42. The van der Waals surface area contributed by atoms with Crippen LogP contribution in [0.2, 0.25) is 0 Å². The molecule has 0 amide bonds. The van der Waals surface area contributed by atoms with E-state index in [1.165, 1.54) is 16.8 Å². The molecule has 0 fully saturated rings. The summed E-state index contributed by atoms with van der Waals surface area (Å²) in [5.41, 5.74) is 4.14. The molecule has 1 aromatic rings. The predicted molar refractivity (Wildman–Crippen MR) is 61.7 cm³/mol. The minimum Gasteiger partial charge on any atom is -0.370 e. The van der Waals surface area contributed by atoms with Gasteiger partial charge in [0.2, 0.25) is 0 Å². The zero-order valence-corrected chi connectivity index (χ0v) is 8.96. The van der Waals surface area contributed by atoms with Crippen LogP contribution in [0.5, 0.6) is 0 Å². The first-order valence-corrected chi connectivity index (χ1v) is 5.15. The molecule has 74 valence electrons. The minimum atomic E-state index is 0.598. The average Bonchev–Trinajstić information content (AvgIpc) is 2.27. The van der Waals surface area contributed by atoms with Gasteiger partial charge >= 0.3 is 0 Å². The fraction of sp³-hybridized carbons (Fsp3) is 0.385. The molecule has 0 aromatic heterocycles. The van der Waals surface area contributed by atoms with Gasteiger partial charge in [0.05, 0.1) is 0 Å². The third-order valence-corrected chi connectivity index (χ3v) is 3.07. The topological polar surface area (TPSA) is 3.24 Å². The Morgan fingerprint density at radius 2 is 2.07 bits per heavy atom. The molecule has 1 nitrogen and oxygen atoms in total. The van der Waals surface area contributed by atoms with Gasteiger partial charge in [0.15, 0.2) is 0 Å². The summed E-state index contributed by atoms with van der Waals surface area (Å²) in [6.45, 7) is 7.39. The van der Waals surface area contributed by atoms with Gasteiger partial charge in [-0.3, -0.25) is 0 Å². The van der Waals surface area contributed by atoms with Crippen molar-refractivity contribution in [3.8, 4) is 0 Å². The van der Waals surface area contributed by atoms with Crippen molar-refractivity contribution in [2.24, 2.45) is 5.92 Å². The van der Waals surface area contributed by atoms with Gasteiger partial charge in [-0.2, -0.15) is 0 Å². The van der Waals surface area contributed by atoms with Gasteiger partial charge in [0, 0.05) is 19.3 Å². The highest BCUT2D eigenvalue weighted by Crippen LogP contribution is 2.29. The third kappa shape index (κ3) is 1.54. The van der Waals surface area contributed by atoms with Gasteiger partial charge in [0.25, 0.3) is 0 Å². The highest BCUT2D eigenvalue weighted by atomic mass is 15.1. The lowest BCUT2D eigenvalue weighted by atomic mass is 9.96. The van der Waals surface area contributed by atoms with Gasteiger partial charge in [-0.05, 0) is 24.0 Å². The summed E-state index contributed by atoms with van der Waals surface area (Å²) in [7, 11) is 2.14. The van der Waals surface area contributed by atoms with Crippen molar-refractivity contribution in [3.05, 3.63) is 42.0 Å². The second-order valence-electron chi connectivity index (χ2n) is 4.25. The van der Waals surface area contributed by atoms with E-state index in [4.69, 9.17) is 0 Å². The Labute approximate surface area is 86.1 Å². The number of nitrogens with zero attached hydrogens (tertiary/aromatic N) is 1. The van der Waals surface area contributed by atoms with Crippen LogP contribution in [0.4, 0.5) is 5.69 Å². The molecule has 0 N–H and O–H groups in total. The lowest BCUT2D eigenvalue weighted by Crippen LogP contribution is -2.19. The molecule has 1 unspecified atom stereocenters. The van der Waals surface area contributed by atoms with Crippen molar-refractivity contribution < 1.29 is 0 Å². The molecule has 0 spiro atoms. The van der Waals surface area contributed by atoms with E-state index in [2.05, 4.69) is 49.7 Å². The van der Waals surface area contributed by atoms with Crippen molar-refractivity contribution >= 4 is 5.69 Å².